The highest BCUT2D eigenvalue weighted by atomic mass is 35.5. The zero-order valence-electron chi connectivity index (χ0n) is 14.1. The number of fused-ring (bicyclic) bond motifs is 4. The molecular weight excluding hydrogens is 300 g/mol. The number of hydrogen-bond donors (Lipinski definition) is 0. The summed E-state index contributed by atoms with van der Waals surface area (Å²) < 4.78 is 0. The van der Waals surface area contributed by atoms with Gasteiger partial charge in [0.05, 0.1) is 0 Å². The fourth-order valence-electron chi connectivity index (χ4n) is 3.94. The van der Waals surface area contributed by atoms with Gasteiger partial charge in [0.1, 0.15) is 0 Å². The summed E-state index contributed by atoms with van der Waals surface area (Å²) >= 11 is 6.33. The van der Waals surface area contributed by atoms with Gasteiger partial charge < -0.3 is 0 Å². The number of hydrogen-bond acceptors (Lipinski definition) is 0. The molecule has 0 N–H and O–H groups in total. The molecule has 0 fully saturated rings. The summed E-state index contributed by atoms with van der Waals surface area (Å²) in [6.07, 6.45) is 0. The molecule has 0 aromatic heterocycles. The molecule has 116 valence electrons. The molecule has 0 amide bonds. The molecule has 1 heteroatoms. The smallest absolute Gasteiger partial charge is 0.0412 e. The van der Waals surface area contributed by atoms with E-state index in [2.05, 4.69) is 76.2 Å². The number of halogens is 1. The number of rotatable bonds is 0. The van der Waals surface area contributed by atoms with Crippen LogP contribution in [0.2, 0.25) is 5.02 Å². The van der Waals surface area contributed by atoms with Gasteiger partial charge in [-0.15, -0.1) is 0 Å². The van der Waals surface area contributed by atoms with E-state index >= 15 is 0 Å². The maximum Gasteiger partial charge on any atom is 0.0412 e. The van der Waals surface area contributed by atoms with Gasteiger partial charge in [-0.3, -0.25) is 0 Å². The van der Waals surface area contributed by atoms with Crippen LogP contribution in [0.15, 0.2) is 54.6 Å². The minimum absolute atomic E-state index is 0.0440. The van der Waals surface area contributed by atoms with Crippen LogP contribution in [-0.2, 0) is 10.8 Å². The highest BCUT2D eigenvalue weighted by molar-refractivity contribution is 6.31. The Bertz CT molecular complexity index is 932. The molecule has 0 nitrogen and oxygen atoms in total. The fraction of sp³-hybridized carbons (Fsp3) is 0.273. The molecule has 0 saturated carbocycles. The van der Waals surface area contributed by atoms with E-state index in [9.17, 15) is 0 Å². The lowest BCUT2D eigenvalue weighted by Gasteiger charge is -2.48. The maximum atomic E-state index is 6.33. The minimum atomic E-state index is 0.0440. The van der Waals surface area contributed by atoms with Crippen molar-refractivity contribution >= 4 is 22.4 Å². The SMILES string of the molecule is CC1(C)c2ccc(Cl)cc2-c2cc3ccccc3cc2C1(C)C. The van der Waals surface area contributed by atoms with Gasteiger partial charge in [-0.05, 0) is 68.1 Å². The van der Waals surface area contributed by atoms with Crippen LogP contribution in [0, 0.1) is 0 Å². The Labute approximate surface area is 143 Å². The quantitative estimate of drug-likeness (QED) is 0.431. The predicted octanol–water partition coefficient (Wildman–Crippen LogP) is 6.73. The minimum Gasteiger partial charge on any atom is -0.0843 e. The van der Waals surface area contributed by atoms with E-state index in [1.54, 1.807) is 0 Å². The molecule has 0 bridgehead atoms. The Morgan fingerprint density at radius 2 is 1.22 bits per heavy atom. The lowest BCUT2D eigenvalue weighted by Crippen LogP contribution is -2.43. The second-order valence-corrected chi connectivity index (χ2v) is 8.12. The summed E-state index contributed by atoms with van der Waals surface area (Å²) in [6.45, 7) is 9.41. The Hall–Kier alpha value is -1.79. The average molecular weight is 321 g/mol. The highest BCUT2D eigenvalue weighted by Crippen LogP contribution is 2.54. The van der Waals surface area contributed by atoms with Crippen LogP contribution >= 0.6 is 11.6 Å². The second kappa shape index (κ2) is 4.61. The van der Waals surface area contributed by atoms with Crippen molar-refractivity contribution in [1.29, 1.82) is 0 Å². The average Bonchev–Trinajstić information content (AvgIpc) is 2.52. The van der Waals surface area contributed by atoms with E-state index in [1.807, 2.05) is 6.07 Å². The summed E-state index contributed by atoms with van der Waals surface area (Å²) in [5.74, 6) is 0. The Kier molecular flexibility index (Phi) is 2.96. The van der Waals surface area contributed by atoms with Gasteiger partial charge >= 0.3 is 0 Å². The van der Waals surface area contributed by atoms with Crippen LogP contribution < -0.4 is 0 Å². The first-order valence-corrected chi connectivity index (χ1v) is 8.54. The second-order valence-electron chi connectivity index (χ2n) is 7.68. The third-order valence-corrected chi connectivity index (χ3v) is 6.30. The summed E-state index contributed by atoms with van der Waals surface area (Å²) in [5.41, 5.74) is 5.49. The van der Waals surface area contributed by atoms with Crippen LogP contribution in [-0.4, -0.2) is 0 Å². The summed E-state index contributed by atoms with van der Waals surface area (Å²) in [7, 11) is 0. The Balaban J connectivity index is 2.17. The van der Waals surface area contributed by atoms with Gasteiger partial charge in [-0.2, -0.15) is 0 Å². The standard InChI is InChI=1S/C22H21Cl/c1-21(2)19-10-9-16(23)13-18(19)17-11-14-7-5-6-8-15(14)12-20(17)22(21,3)4/h5-13H,1-4H3. The van der Waals surface area contributed by atoms with Gasteiger partial charge in [0.15, 0.2) is 0 Å². The van der Waals surface area contributed by atoms with Crippen molar-refractivity contribution in [1.82, 2.24) is 0 Å². The molecule has 4 rings (SSSR count). The van der Waals surface area contributed by atoms with E-state index < -0.39 is 0 Å². The fourth-order valence-corrected chi connectivity index (χ4v) is 4.11. The van der Waals surface area contributed by atoms with Crippen molar-refractivity contribution in [2.45, 2.75) is 38.5 Å². The van der Waals surface area contributed by atoms with E-state index in [0.717, 1.165) is 5.02 Å². The predicted molar refractivity (Wildman–Crippen MR) is 100 cm³/mol. The van der Waals surface area contributed by atoms with Crippen molar-refractivity contribution < 1.29 is 0 Å². The van der Waals surface area contributed by atoms with Gasteiger partial charge in [0.2, 0.25) is 0 Å². The van der Waals surface area contributed by atoms with E-state index in [1.165, 1.54) is 33.0 Å². The first kappa shape index (κ1) is 14.8. The zero-order valence-corrected chi connectivity index (χ0v) is 14.8. The molecule has 1 aliphatic carbocycles. The van der Waals surface area contributed by atoms with Crippen LogP contribution in [0.25, 0.3) is 21.9 Å². The third-order valence-electron chi connectivity index (χ3n) is 6.07. The van der Waals surface area contributed by atoms with Gasteiger partial charge in [-0.25, -0.2) is 0 Å². The topological polar surface area (TPSA) is 0 Å². The van der Waals surface area contributed by atoms with Crippen molar-refractivity contribution in [2.75, 3.05) is 0 Å². The molecule has 1 aliphatic rings. The van der Waals surface area contributed by atoms with E-state index in [4.69, 9.17) is 11.6 Å². The molecule has 0 heterocycles. The first-order chi connectivity index (χ1) is 10.8. The van der Waals surface area contributed by atoms with Crippen molar-refractivity contribution in [3.63, 3.8) is 0 Å². The Morgan fingerprint density at radius 1 is 0.652 bits per heavy atom. The van der Waals surface area contributed by atoms with Crippen molar-refractivity contribution in [3.8, 4) is 11.1 Å². The molecule has 0 unspecified atom stereocenters. The molecule has 3 aromatic carbocycles. The monoisotopic (exact) mass is 320 g/mol. The summed E-state index contributed by atoms with van der Waals surface area (Å²) in [6, 6.07) is 19.7. The molecular formula is C22H21Cl. The van der Waals surface area contributed by atoms with Crippen LogP contribution in [0.5, 0.6) is 0 Å². The van der Waals surface area contributed by atoms with Crippen molar-refractivity contribution in [2.24, 2.45) is 0 Å². The van der Waals surface area contributed by atoms with Crippen LogP contribution in [0.1, 0.15) is 38.8 Å². The maximum absolute atomic E-state index is 6.33. The van der Waals surface area contributed by atoms with E-state index in [-0.39, 0.29) is 10.8 Å². The van der Waals surface area contributed by atoms with Crippen molar-refractivity contribution in [3.05, 3.63) is 70.7 Å². The van der Waals surface area contributed by atoms with Gasteiger partial charge in [0.25, 0.3) is 0 Å². The lowest BCUT2D eigenvalue weighted by atomic mass is 9.55. The molecule has 0 spiro atoms. The molecule has 3 aromatic rings. The first-order valence-electron chi connectivity index (χ1n) is 8.16. The molecule has 23 heavy (non-hydrogen) atoms. The van der Waals surface area contributed by atoms with Gasteiger partial charge in [-0.1, -0.05) is 69.6 Å². The molecule has 0 atom stereocenters. The highest BCUT2D eigenvalue weighted by Gasteiger charge is 2.45. The van der Waals surface area contributed by atoms with Gasteiger partial charge in [0, 0.05) is 5.02 Å². The van der Waals surface area contributed by atoms with Crippen LogP contribution in [0.4, 0.5) is 0 Å². The normalized spacial score (nSPS) is 17.6. The third kappa shape index (κ3) is 1.91. The van der Waals surface area contributed by atoms with E-state index in [0.29, 0.717) is 0 Å². The molecule has 0 saturated heterocycles. The lowest BCUT2D eigenvalue weighted by molar-refractivity contribution is 0.299. The largest absolute Gasteiger partial charge is 0.0843 e. The zero-order chi connectivity index (χ0) is 16.4. The molecule has 0 aliphatic heterocycles. The summed E-state index contributed by atoms with van der Waals surface area (Å²) in [4.78, 5) is 0. The Morgan fingerprint density at radius 3 is 1.91 bits per heavy atom. The summed E-state index contributed by atoms with van der Waals surface area (Å²) in [5, 5.41) is 3.40. The number of benzene rings is 3. The van der Waals surface area contributed by atoms with Crippen LogP contribution in [0.3, 0.4) is 0 Å². The molecule has 0 radical (unpaired) electrons.